The van der Waals surface area contributed by atoms with E-state index in [-0.39, 0.29) is 5.91 Å². The molecule has 4 rings (SSSR count). The van der Waals surface area contributed by atoms with Crippen molar-refractivity contribution >= 4 is 11.6 Å². The second-order valence-corrected chi connectivity index (χ2v) is 7.45. The van der Waals surface area contributed by atoms with Gasteiger partial charge in [-0.3, -0.25) is 4.79 Å². The molecule has 0 aliphatic carbocycles. The molecule has 3 saturated heterocycles. The van der Waals surface area contributed by atoms with Gasteiger partial charge in [0.05, 0.1) is 0 Å². The van der Waals surface area contributed by atoms with Crippen LogP contribution in [0, 0.1) is 0 Å². The minimum Gasteiger partial charge on any atom is -0.342 e. The van der Waals surface area contributed by atoms with Crippen LogP contribution in [0.1, 0.15) is 27.7 Å². The summed E-state index contributed by atoms with van der Waals surface area (Å²) in [5, 5.41) is 2.86. The van der Waals surface area contributed by atoms with Gasteiger partial charge in [-0.2, -0.15) is 0 Å². The Balaban J connectivity index is 1.58. The number of amides is 1. The molecule has 0 unspecified atom stereocenters. The van der Waals surface area contributed by atoms with E-state index in [1.807, 2.05) is 58.0 Å². The highest BCUT2D eigenvalue weighted by molar-refractivity contribution is 5.94. The third kappa shape index (κ3) is 3.18. The number of para-hydroxylation sites is 1. The van der Waals surface area contributed by atoms with Crippen LogP contribution in [0.15, 0.2) is 30.3 Å². The molecule has 0 aromatic heterocycles. The molecule has 1 aromatic rings. The van der Waals surface area contributed by atoms with E-state index >= 15 is 0 Å². The molecule has 3 aliphatic rings. The van der Waals surface area contributed by atoms with Gasteiger partial charge in [0.25, 0.3) is 5.91 Å². The number of ether oxygens (including phenoxy) is 5. The van der Waals surface area contributed by atoms with E-state index in [2.05, 4.69) is 5.32 Å². The highest BCUT2D eigenvalue weighted by atomic mass is 16.9. The Kier molecular flexibility index (Phi) is 3.90. The van der Waals surface area contributed by atoms with Crippen molar-refractivity contribution in [2.75, 3.05) is 5.32 Å². The number of anilines is 1. The van der Waals surface area contributed by atoms with Crippen molar-refractivity contribution in [1.29, 1.82) is 0 Å². The van der Waals surface area contributed by atoms with Crippen LogP contribution in [0.2, 0.25) is 0 Å². The number of carbonyl (C=O) groups excluding carboxylic acids is 1. The van der Waals surface area contributed by atoms with Gasteiger partial charge in [-0.1, -0.05) is 18.2 Å². The lowest BCUT2D eigenvalue weighted by Crippen LogP contribution is -2.58. The number of nitrogens with one attached hydrogen (secondary N) is 1. The van der Waals surface area contributed by atoms with Crippen molar-refractivity contribution in [3.8, 4) is 0 Å². The second kappa shape index (κ2) is 5.75. The zero-order valence-corrected chi connectivity index (χ0v) is 14.7. The quantitative estimate of drug-likeness (QED) is 0.880. The fraction of sp³-hybridized carbons (Fsp3) is 0.611. The van der Waals surface area contributed by atoms with Gasteiger partial charge in [-0.25, -0.2) is 0 Å². The molecule has 3 aliphatic heterocycles. The van der Waals surface area contributed by atoms with Crippen LogP contribution in [-0.2, 0) is 28.5 Å². The lowest BCUT2D eigenvalue weighted by molar-refractivity contribution is -0.229. The van der Waals surface area contributed by atoms with Crippen LogP contribution >= 0.6 is 0 Å². The standard InChI is InChI=1S/C18H23NO6/c1-17(2)22-11-12(23-17)14-16(25-18(3,4)24-14)21-13(11)15(20)19-10-8-6-5-7-9-10/h5-9,11-14,16H,1-4H3,(H,19,20)/t11-,12+,13-,14-,16-/m1/s1. The monoisotopic (exact) mass is 349 g/mol. The normalized spacial score (nSPS) is 38.0. The van der Waals surface area contributed by atoms with Crippen LogP contribution in [0.25, 0.3) is 0 Å². The third-order valence-corrected chi connectivity index (χ3v) is 4.45. The summed E-state index contributed by atoms with van der Waals surface area (Å²) in [5.41, 5.74) is 0.692. The summed E-state index contributed by atoms with van der Waals surface area (Å²) >= 11 is 0. The van der Waals surface area contributed by atoms with Crippen molar-refractivity contribution in [3.05, 3.63) is 30.3 Å². The molecule has 136 valence electrons. The largest absolute Gasteiger partial charge is 0.342 e. The Morgan fingerprint density at radius 3 is 2.20 bits per heavy atom. The van der Waals surface area contributed by atoms with E-state index in [0.717, 1.165) is 0 Å². The predicted octanol–water partition coefficient (Wildman–Crippen LogP) is 2.02. The van der Waals surface area contributed by atoms with Gasteiger partial charge in [0.1, 0.15) is 18.3 Å². The Bertz CT molecular complexity index is 661. The van der Waals surface area contributed by atoms with Crippen LogP contribution in [0.3, 0.4) is 0 Å². The van der Waals surface area contributed by atoms with Gasteiger partial charge in [0.15, 0.2) is 24.0 Å². The van der Waals surface area contributed by atoms with Gasteiger partial charge in [0.2, 0.25) is 0 Å². The summed E-state index contributed by atoms with van der Waals surface area (Å²) < 4.78 is 29.6. The van der Waals surface area contributed by atoms with Crippen LogP contribution in [-0.4, -0.2) is 48.2 Å². The average Bonchev–Trinajstić information content (AvgIpc) is 3.01. The van der Waals surface area contributed by atoms with E-state index in [9.17, 15) is 4.79 Å². The molecule has 0 radical (unpaired) electrons. The van der Waals surface area contributed by atoms with E-state index in [1.54, 1.807) is 0 Å². The highest BCUT2D eigenvalue weighted by Gasteiger charge is 2.62. The molecule has 1 amide bonds. The summed E-state index contributed by atoms with van der Waals surface area (Å²) in [6, 6.07) is 9.22. The number of fused-ring (bicyclic) bond motifs is 3. The van der Waals surface area contributed by atoms with Gasteiger partial charge in [0, 0.05) is 5.69 Å². The number of benzene rings is 1. The molecule has 0 spiro atoms. The lowest BCUT2D eigenvalue weighted by atomic mass is 9.98. The van der Waals surface area contributed by atoms with E-state index in [0.29, 0.717) is 5.69 Å². The van der Waals surface area contributed by atoms with Crippen molar-refractivity contribution < 1.29 is 28.5 Å². The average molecular weight is 349 g/mol. The Hall–Kier alpha value is -1.51. The van der Waals surface area contributed by atoms with Gasteiger partial charge in [-0.05, 0) is 39.8 Å². The maximum atomic E-state index is 12.8. The molecule has 7 heteroatoms. The topological polar surface area (TPSA) is 75.3 Å². The molecule has 1 N–H and O–H groups in total. The van der Waals surface area contributed by atoms with Gasteiger partial charge < -0.3 is 29.0 Å². The number of hydrogen-bond donors (Lipinski definition) is 1. The van der Waals surface area contributed by atoms with Crippen LogP contribution < -0.4 is 5.32 Å². The fourth-order valence-electron chi connectivity index (χ4n) is 3.56. The molecule has 3 fully saturated rings. The lowest BCUT2D eigenvalue weighted by Gasteiger charge is -2.36. The second-order valence-electron chi connectivity index (χ2n) is 7.45. The number of rotatable bonds is 2. The molecule has 7 nitrogen and oxygen atoms in total. The van der Waals surface area contributed by atoms with Crippen molar-refractivity contribution in [3.63, 3.8) is 0 Å². The SMILES string of the molecule is CC1(C)O[C@H]2[C@@H](O1)[C@H](C(=O)Nc1ccccc1)O[C@@H]1OC(C)(C)O[C@@H]12. The van der Waals surface area contributed by atoms with Gasteiger partial charge in [-0.15, -0.1) is 0 Å². The molecule has 5 atom stereocenters. The van der Waals surface area contributed by atoms with Crippen LogP contribution in [0.5, 0.6) is 0 Å². The predicted molar refractivity (Wildman–Crippen MR) is 87.6 cm³/mol. The summed E-state index contributed by atoms with van der Waals surface area (Å²) in [6.45, 7) is 7.24. The smallest absolute Gasteiger partial charge is 0.256 e. The first-order chi connectivity index (χ1) is 11.7. The third-order valence-electron chi connectivity index (χ3n) is 4.45. The van der Waals surface area contributed by atoms with Crippen molar-refractivity contribution in [1.82, 2.24) is 0 Å². The number of hydrogen-bond acceptors (Lipinski definition) is 6. The molecule has 0 bridgehead atoms. The maximum Gasteiger partial charge on any atom is 0.256 e. The summed E-state index contributed by atoms with van der Waals surface area (Å²) in [7, 11) is 0. The Morgan fingerprint density at radius 2 is 1.48 bits per heavy atom. The van der Waals surface area contributed by atoms with E-state index in [4.69, 9.17) is 23.7 Å². The Labute approximate surface area is 146 Å². The highest BCUT2D eigenvalue weighted by Crippen LogP contribution is 2.44. The first kappa shape index (κ1) is 16.9. The molecular formula is C18H23NO6. The van der Waals surface area contributed by atoms with Crippen molar-refractivity contribution in [2.45, 2.75) is 70.0 Å². The molecule has 3 heterocycles. The number of carbonyl (C=O) groups is 1. The molecular weight excluding hydrogens is 326 g/mol. The molecule has 25 heavy (non-hydrogen) atoms. The summed E-state index contributed by atoms with van der Waals surface area (Å²) in [4.78, 5) is 12.8. The summed E-state index contributed by atoms with van der Waals surface area (Å²) in [6.07, 6.45) is -2.99. The first-order valence-corrected chi connectivity index (χ1v) is 8.47. The minimum absolute atomic E-state index is 0.297. The van der Waals surface area contributed by atoms with Gasteiger partial charge >= 0.3 is 0 Å². The summed E-state index contributed by atoms with van der Waals surface area (Å²) in [5.74, 6) is -1.93. The molecule has 0 saturated carbocycles. The first-order valence-electron chi connectivity index (χ1n) is 8.47. The zero-order chi connectivity index (χ0) is 17.8. The zero-order valence-electron chi connectivity index (χ0n) is 14.7. The van der Waals surface area contributed by atoms with Crippen LogP contribution in [0.4, 0.5) is 5.69 Å². The van der Waals surface area contributed by atoms with E-state index in [1.165, 1.54) is 0 Å². The maximum absolute atomic E-state index is 12.8. The van der Waals surface area contributed by atoms with E-state index < -0.39 is 42.3 Å². The van der Waals surface area contributed by atoms with Crippen molar-refractivity contribution in [2.24, 2.45) is 0 Å². The minimum atomic E-state index is -0.856. The molecule has 1 aromatic carbocycles. The fourth-order valence-corrected chi connectivity index (χ4v) is 3.56. The Morgan fingerprint density at radius 1 is 0.880 bits per heavy atom.